The zero-order chi connectivity index (χ0) is 13.7. The number of hydrogen-bond acceptors (Lipinski definition) is 5. The number of rotatable bonds is 4. The first kappa shape index (κ1) is 15.8. The summed E-state index contributed by atoms with van der Waals surface area (Å²) in [4.78, 5) is 0. The lowest BCUT2D eigenvalue weighted by molar-refractivity contribution is 0.341. The number of azo groups is 1. The SMILES string of the molecule is CCOc1ccccc1N=Nc1ccc(N)cc1N.Cl. The van der Waals surface area contributed by atoms with Crippen molar-refractivity contribution < 1.29 is 4.74 Å². The lowest BCUT2D eigenvalue weighted by Gasteiger charge is -2.05. The Balaban J connectivity index is 0.00000200. The molecule has 6 heteroatoms. The van der Waals surface area contributed by atoms with Crippen molar-refractivity contribution in [2.75, 3.05) is 18.1 Å². The molecule has 0 heterocycles. The van der Waals surface area contributed by atoms with E-state index in [0.29, 0.717) is 35.1 Å². The molecule has 20 heavy (non-hydrogen) atoms. The zero-order valence-corrected chi connectivity index (χ0v) is 11.9. The number of nitrogens with two attached hydrogens (primary N) is 2. The van der Waals surface area contributed by atoms with Gasteiger partial charge in [0.1, 0.15) is 17.1 Å². The molecule has 2 aromatic carbocycles. The Morgan fingerprint density at radius 1 is 1.00 bits per heavy atom. The minimum atomic E-state index is 0. The minimum Gasteiger partial charge on any atom is -0.492 e. The molecule has 5 nitrogen and oxygen atoms in total. The van der Waals surface area contributed by atoms with Gasteiger partial charge in [-0.15, -0.1) is 22.6 Å². The Morgan fingerprint density at radius 3 is 2.40 bits per heavy atom. The van der Waals surface area contributed by atoms with E-state index in [-0.39, 0.29) is 12.4 Å². The van der Waals surface area contributed by atoms with Gasteiger partial charge in [-0.25, -0.2) is 0 Å². The highest BCUT2D eigenvalue weighted by Crippen LogP contribution is 2.30. The van der Waals surface area contributed by atoms with E-state index in [4.69, 9.17) is 16.2 Å². The van der Waals surface area contributed by atoms with Crippen molar-refractivity contribution in [3.05, 3.63) is 42.5 Å². The molecule has 4 N–H and O–H groups in total. The van der Waals surface area contributed by atoms with Gasteiger partial charge in [0, 0.05) is 5.69 Å². The first-order valence-corrected chi connectivity index (χ1v) is 5.99. The van der Waals surface area contributed by atoms with Crippen LogP contribution in [0.2, 0.25) is 0 Å². The summed E-state index contributed by atoms with van der Waals surface area (Å²) < 4.78 is 5.47. The van der Waals surface area contributed by atoms with E-state index in [2.05, 4.69) is 10.2 Å². The smallest absolute Gasteiger partial charge is 0.146 e. The van der Waals surface area contributed by atoms with Crippen molar-refractivity contribution in [3.63, 3.8) is 0 Å². The van der Waals surface area contributed by atoms with Crippen molar-refractivity contribution in [2.45, 2.75) is 6.92 Å². The lowest BCUT2D eigenvalue weighted by Crippen LogP contribution is -1.91. The fourth-order valence-electron chi connectivity index (χ4n) is 1.59. The van der Waals surface area contributed by atoms with E-state index < -0.39 is 0 Å². The highest BCUT2D eigenvalue weighted by molar-refractivity contribution is 5.85. The monoisotopic (exact) mass is 292 g/mol. The van der Waals surface area contributed by atoms with Crippen LogP contribution in [0, 0.1) is 0 Å². The van der Waals surface area contributed by atoms with Gasteiger partial charge in [-0.1, -0.05) is 12.1 Å². The molecule has 0 amide bonds. The van der Waals surface area contributed by atoms with Crippen LogP contribution >= 0.6 is 12.4 Å². The third-order valence-electron chi connectivity index (χ3n) is 2.48. The van der Waals surface area contributed by atoms with Crippen LogP contribution in [0.3, 0.4) is 0 Å². The molecule has 0 radical (unpaired) electrons. The Hall–Kier alpha value is -2.27. The van der Waals surface area contributed by atoms with Gasteiger partial charge in [0.15, 0.2) is 0 Å². The molecule has 0 spiro atoms. The largest absolute Gasteiger partial charge is 0.492 e. The number of anilines is 2. The summed E-state index contributed by atoms with van der Waals surface area (Å²) in [5, 5.41) is 8.29. The number of hydrogen-bond donors (Lipinski definition) is 2. The summed E-state index contributed by atoms with van der Waals surface area (Å²) in [5.41, 5.74) is 13.8. The van der Waals surface area contributed by atoms with Crippen LogP contribution in [0.25, 0.3) is 0 Å². The first-order valence-electron chi connectivity index (χ1n) is 5.99. The lowest BCUT2D eigenvalue weighted by atomic mass is 10.2. The predicted molar refractivity (Wildman–Crippen MR) is 84.3 cm³/mol. The van der Waals surface area contributed by atoms with Crippen molar-refractivity contribution >= 4 is 35.2 Å². The summed E-state index contributed by atoms with van der Waals surface area (Å²) >= 11 is 0. The number of halogens is 1. The molecule has 0 aliphatic rings. The molecular weight excluding hydrogens is 276 g/mol. The molecule has 0 saturated heterocycles. The van der Waals surface area contributed by atoms with Gasteiger partial charge in [-0.2, -0.15) is 0 Å². The standard InChI is InChI=1S/C14H16N4O.ClH/c1-2-19-14-6-4-3-5-13(14)18-17-12-8-7-10(15)9-11(12)16;/h3-9H,2,15-16H2,1H3;1H. The maximum absolute atomic E-state index is 5.82. The zero-order valence-electron chi connectivity index (χ0n) is 11.1. The molecule has 0 unspecified atom stereocenters. The maximum Gasteiger partial charge on any atom is 0.146 e. The van der Waals surface area contributed by atoms with Crippen LogP contribution in [0.1, 0.15) is 6.92 Å². The molecule has 2 aromatic rings. The topological polar surface area (TPSA) is 86.0 Å². The molecule has 0 aliphatic heterocycles. The van der Waals surface area contributed by atoms with Gasteiger partial charge in [-0.05, 0) is 37.3 Å². The predicted octanol–water partition coefficient (Wildman–Crippen LogP) is 4.09. The Bertz CT molecular complexity index is 601. The van der Waals surface area contributed by atoms with Crippen molar-refractivity contribution in [1.82, 2.24) is 0 Å². The average Bonchev–Trinajstić information content (AvgIpc) is 2.40. The molecule has 0 bridgehead atoms. The van der Waals surface area contributed by atoms with Gasteiger partial charge in [-0.3, -0.25) is 0 Å². The second-order valence-electron chi connectivity index (χ2n) is 3.92. The second kappa shape index (κ2) is 7.35. The number of para-hydroxylation sites is 1. The summed E-state index contributed by atoms with van der Waals surface area (Å²) in [6.45, 7) is 2.50. The van der Waals surface area contributed by atoms with Crippen LogP contribution in [0.4, 0.5) is 22.7 Å². The maximum atomic E-state index is 5.82. The van der Waals surface area contributed by atoms with Crippen molar-refractivity contribution in [2.24, 2.45) is 10.2 Å². The fourth-order valence-corrected chi connectivity index (χ4v) is 1.59. The third-order valence-corrected chi connectivity index (χ3v) is 2.48. The van der Waals surface area contributed by atoms with E-state index in [1.54, 1.807) is 18.2 Å². The first-order chi connectivity index (χ1) is 9.20. The quantitative estimate of drug-likeness (QED) is 0.657. The van der Waals surface area contributed by atoms with E-state index in [1.807, 2.05) is 31.2 Å². The van der Waals surface area contributed by atoms with E-state index in [0.717, 1.165) is 0 Å². The molecule has 2 rings (SSSR count). The van der Waals surface area contributed by atoms with E-state index in [1.165, 1.54) is 0 Å². The molecule has 0 fully saturated rings. The second-order valence-corrected chi connectivity index (χ2v) is 3.92. The van der Waals surface area contributed by atoms with Gasteiger partial charge in [0.05, 0.1) is 12.3 Å². The van der Waals surface area contributed by atoms with Crippen molar-refractivity contribution in [3.8, 4) is 5.75 Å². The van der Waals surface area contributed by atoms with Crippen LogP contribution in [0.5, 0.6) is 5.75 Å². The number of benzene rings is 2. The highest BCUT2D eigenvalue weighted by Gasteiger charge is 2.02. The van der Waals surface area contributed by atoms with Gasteiger partial charge < -0.3 is 16.2 Å². The summed E-state index contributed by atoms with van der Waals surface area (Å²) in [5.74, 6) is 0.697. The molecule has 0 aliphatic carbocycles. The van der Waals surface area contributed by atoms with Crippen molar-refractivity contribution in [1.29, 1.82) is 0 Å². The molecule has 0 saturated carbocycles. The van der Waals surface area contributed by atoms with Gasteiger partial charge >= 0.3 is 0 Å². The normalized spacial score (nSPS) is 10.2. The molecular formula is C14H17ClN4O. The Labute approximate surface area is 124 Å². The minimum absolute atomic E-state index is 0. The number of ether oxygens (including phenoxy) is 1. The van der Waals surface area contributed by atoms with Crippen LogP contribution < -0.4 is 16.2 Å². The van der Waals surface area contributed by atoms with Gasteiger partial charge in [0.2, 0.25) is 0 Å². The average molecular weight is 293 g/mol. The van der Waals surface area contributed by atoms with E-state index in [9.17, 15) is 0 Å². The van der Waals surface area contributed by atoms with Crippen LogP contribution in [-0.4, -0.2) is 6.61 Å². The third kappa shape index (κ3) is 3.86. The Morgan fingerprint density at radius 2 is 1.70 bits per heavy atom. The summed E-state index contributed by atoms with van der Waals surface area (Å²) in [6.07, 6.45) is 0. The number of nitrogens with zero attached hydrogens (tertiary/aromatic N) is 2. The summed E-state index contributed by atoms with van der Waals surface area (Å²) in [6, 6.07) is 12.6. The molecule has 106 valence electrons. The summed E-state index contributed by atoms with van der Waals surface area (Å²) in [7, 11) is 0. The van der Waals surface area contributed by atoms with E-state index >= 15 is 0 Å². The molecule has 0 aromatic heterocycles. The molecule has 0 atom stereocenters. The number of nitrogen functional groups attached to an aromatic ring is 2. The Kier molecular flexibility index (Phi) is 5.80. The van der Waals surface area contributed by atoms with Crippen LogP contribution in [0.15, 0.2) is 52.7 Å². The van der Waals surface area contributed by atoms with Crippen LogP contribution in [-0.2, 0) is 0 Å². The highest BCUT2D eigenvalue weighted by atomic mass is 35.5. The fraction of sp³-hybridized carbons (Fsp3) is 0.143. The van der Waals surface area contributed by atoms with Gasteiger partial charge in [0.25, 0.3) is 0 Å².